The van der Waals surface area contributed by atoms with Crippen molar-refractivity contribution < 1.29 is 22.7 Å². The molecular formula is C14H17F3N2O2. The lowest BCUT2D eigenvalue weighted by atomic mass is 10.1. The molecule has 0 atom stereocenters. The van der Waals surface area contributed by atoms with Gasteiger partial charge in [-0.15, -0.1) is 0 Å². The topological polar surface area (TPSA) is 41.6 Å². The van der Waals surface area contributed by atoms with E-state index in [1.165, 1.54) is 12.1 Å². The van der Waals surface area contributed by atoms with Gasteiger partial charge >= 0.3 is 12.1 Å². The molecule has 0 unspecified atom stereocenters. The quantitative estimate of drug-likeness (QED) is 0.861. The maximum Gasteiger partial charge on any atom is 0.417 e. The molecule has 0 spiro atoms. The van der Waals surface area contributed by atoms with E-state index in [0.717, 1.165) is 38.3 Å². The molecule has 0 aromatic heterocycles. The molecule has 1 N–H and O–H groups in total. The Morgan fingerprint density at radius 1 is 1.24 bits per heavy atom. The summed E-state index contributed by atoms with van der Waals surface area (Å²) in [5, 5.41) is 3.19. The van der Waals surface area contributed by atoms with Gasteiger partial charge in [-0.3, -0.25) is 4.90 Å². The number of hydrogen-bond acceptors (Lipinski definition) is 4. The van der Waals surface area contributed by atoms with E-state index in [2.05, 4.69) is 10.2 Å². The highest BCUT2D eigenvalue weighted by molar-refractivity contribution is 5.91. The number of esters is 1. The van der Waals surface area contributed by atoms with Crippen molar-refractivity contribution in [2.24, 2.45) is 0 Å². The number of halogens is 3. The van der Waals surface area contributed by atoms with Gasteiger partial charge in [0.1, 0.15) is 6.61 Å². The predicted molar refractivity (Wildman–Crippen MR) is 71.0 cm³/mol. The van der Waals surface area contributed by atoms with Crippen molar-refractivity contribution in [1.29, 1.82) is 0 Å². The molecule has 0 radical (unpaired) electrons. The number of carbonyl (C=O) groups excluding carboxylic acids is 1. The normalized spacial score (nSPS) is 16.7. The Bertz CT molecular complexity index is 485. The zero-order chi connectivity index (χ0) is 15.3. The Hall–Kier alpha value is -1.60. The molecule has 1 aliphatic rings. The number of piperazine rings is 1. The molecule has 116 valence electrons. The number of nitrogens with zero attached hydrogens (tertiary/aromatic N) is 1. The summed E-state index contributed by atoms with van der Waals surface area (Å²) in [6, 6.07) is 4.66. The van der Waals surface area contributed by atoms with Crippen LogP contribution >= 0.6 is 0 Å². The first-order valence-electron chi connectivity index (χ1n) is 6.75. The minimum absolute atomic E-state index is 0.0883. The standard InChI is InChI=1S/C14H17F3N2O2/c15-14(16,17)12-4-2-1-3-11(12)13(20)21-10-9-19-7-5-18-6-8-19/h1-4,18H,5-10H2. The number of ether oxygens (including phenoxy) is 1. The van der Waals surface area contributed by atoms with Crippen LogP contribution in [0.25, 0.3) is 0 Å². The summed E-state index contributed by atoms with van der Waals surface area (Å²) in [4.78, 5) is 13.9. The van der Waals surface area contributed by atoms with Crippen LogP contribution in [0.2, 0.25) is 0 Å². The van der Waals surface area contributed by atoms with E-state index in [-0.39, 0.29) is 6.61 Å². The minimum Gasteiger partial charge on any atom is -0.461 e. The van der Waals surface area contributed by atoms with E-state index in [1.807, 2.05) is 0 Å². The summed E-state index contributed by atoms with van der Waals surface area (Å²) in [7, 11) is 0. The summed E-state index contributed by atoms with van der Waals surface area (Å²) < 4.78 is 43.4. The fourth-order valence-corrected chi connectivity index (χ4v) is 2.19. The predicted octanol–water partition coefficient (Wildman–Crippen LogP) is 1.77. The first-order valence-corrected chi connectivity index (χ1v) is 6.75. The van der Waals surface area contributed by atoms with Gasteiger partial charge in [-0.25, -0.2) is 4.79 Å². The molecular weight excluding hydrogens is 285 g/mol. The molecule has 4 nitrogen and oxygen atoms in total. The van der Waals surface area contributed by atoms with Crippen LogP contribution in [0.5, 0.6) is 0 Å². The zero-order valence-electron chi connectivity index (χ0n) is 11.4. The summed E-state index contributed by atoms with van der Waals surface area (Å²) >= 11 is 0. The zero-order valence-corrected chi connectivity index (χ0v) is 11.4. The van der Waals surface area contributed by atoms with Crippen molar-refractivity contribution in [3.05, 3.63) is 35.4 Å². The fraction of sp³-hybridized carbons (Fsp3) is 0.500. The van der Waals surface area contributed by atoms with Crippen molar-refractivity contribution in [2.75, 3.05) is 39.3 Å². The highest BCUT2D eigenvalue weighted by Gasteiger charge is 2.35. The molecule has 1 heterocycles. The number of rotatable bonds is 4. The maximum atomic E-state index is 12.8. The maximum absolute atomic E-state index is 12.8. The lowest BCUT2D eigenvalue weighted by Gasteiger charge is -2.26. The third kappa shape index (κ3) is 4.44. The van der Waals surface area contributed by atoms with E-state index in [0.29, 0.717) is 6.54 Å². The molecule has 1 aliphatic heterocycles. The molecule has 2 rings (SSSR count). The molecule has 0 amide bonds. The Labute approximate surface area is 120 Å². The third-order valence-electron chi connectivity index (χ3n) is 3.30. The monoisotopic (exact) mass is 302 g/mol. The highest BCUT2D eigenvalue weighted by Crippen LogP contribution is 2.32. The molecule has 0 aliphatic carbocycles. The summed E-state index contributed by atoms with van der Waals surface area (Å²) in [6.07, 6.45) is -4.56. The van der Waals surface area contributed by atoms with Crippen molar-refractivity contribution >= 4 is 5.97 Å². The van der Waals surface area contributed by atoms with Crippen LogP contribution in [0.3, 0.4) is 0 Å². The van der Waals surface area contributed by atoms with Crippen LogP contribution < -0.4 is 5.32 Å². The first kappa shape index (κ1) is 15.8. The lowest BCUT2D eigenvalue weighted by Crippen LogP contribution is -2.44. The van der Waals surface area contributed by atoms with E-state index >= 15 is 0 Å². The van der Waals surface area contributed by atoms with Crippen LogP contribution in [-0.2, 0) is 10.9 Å². The smallest absolute Gasteiger partial charge is 0.417 e. The second-order valence-electron chi connectivity index (χ2n) is 4.77. The van der Waals surface area contributed by atoms with Gasteiger partial charge in [-0.1, -0.05) is 12.1 Å². The largest absolute Gasteiger partial charge is 0.461 e. The van der Waals surface area contributed by atoms with Gasteiger partial charge in [0.05, 0.1) is 11.1 Å². The van der Waals surface area contributed by atoms with Crippen LogP contribution in [-0.4, -0.2) is 50.2 Å². The molecule has 1 aromatic rings. The molecule has 1 fully saturated rings. The second-order valence-corrected chi connectivity index (χ2v) is 4.77. The van der Waals surface area contributed by atoms with Gasteiger partial charge in [0.15, 0.2) is 0 Å². The second kappa shape index (κ2) is 6.91. The highest BCUT2D eigenvalue weighted by atomic mass is 19.4. The number of nitrogens with one attached hydrogen (secondary N) is 1. The number of alkyl halides is 3. The van der Waals surface area contributed by atoms with Gasteiger partial charge in [-0.05, 0) is 12.1 Å². The number of benzene rings is 1. The molecule has 21 heavy (non-hydrogen) atoms. The molecule has 0 saturated carbocycles. The van der Waals surface area contributed by atoms with E-state index in [9.17, 15) is 18.0 Å². The fourth-order valence-electron chi connectivity index (χ4n) is 2.19. The molecule has 1 saturated heterocycles. The summed E-state index contributed by atoms with van der Waals surface area (Å²) in [5.74, 6) is -0.932. The lowest BCUT2D eigenvalue weighted by molar-refractivity contribution is -0.138. The third-order valence-corrected chi connectivity index (χ3v) is 3.30. The van der Waals surface area contributed by atoms with Gasteiger partial charge in [0.2, 0.25) is 0 Å². The van der Waals surface area contributed by atoms with Crippen LogP contribution in [0.1, 0.15) is 15.9 Å². The summed E-state index contributed by atoms with van der Waals surface area (Å²) in [5.41, 5.74) is -1.40. The van der Waals surface area contributed by atoms with Crippen molar-refractivity contribution in [3.63, 3.8) is 0 Å². The number of carbonyl (C=O) groups is 1. The van der Waals surface area contributed by atoms with Gasteiger partial charge in [0.25, 0.3) is 0 Å². The van der Waals surface area contributed by atoms with Crippen molar-refractivity contribution in [3.8, 4) is 0 Å². The van der Waals surface area contributed by atoms with Gasteiger partial charge in [0, 0.05) is 32.7 Å². The van der Waals surface area contributed by atoms with Crippen molar-refractivity contribution in [1.82, 2.24) is 10.2 Å². The number of hydrogen-bond donors (Lipinski definition) is 1. The molecule has 0 bridgehead atoms. The van der Waals surface area contributed by atoms with Crippen molar-refractivity contribution in [2.45, 2.75) is 6.18 Å². The van der Waals surface area contributed by atoms with E-state index < -0.39 is 23.3 Å². The average Bonchev–Trinajstić information content (AvgIpc) is 2.47. The summed E-state index contributed by atoms with van der Waals surface area (Å²) in [6.45, 7) is 4.04. The van der Waals surface area contributed by atoms with E-state index in [1.54, 1.807) is 0 Å². The van der Waals surface area contributed by atoms with Crippen LogP contribution in [0.4, 0.5) is 13.2 Å². The first-order chi connectivity index (χ1) is 9.98. The van der Waals surface area contributed by atoms with Gasteiger partial charge in [-0.2, -0.15) is 13.2 Å². The van der Waals surface area contributed by atoms with E-state index in [4.69, 9.17) is 4.74 Å². The average molecular weight is 302 g/mol. The Morgan fingerprint density at radius 2 is 1.90 bits per heavy atom. The molecule has 1 aromatic carbocycles. The van der Waals surface area contributed by atoms with Crippen LogP contribution in [0, 0.1) is 0 Å². The Balaban J connectivity index is 1.91. The van der Waals surface area contributed by atoms with Crippen LogP contribution in [0.15, 0.2) is 24.3 Å². The molecule has 7 heteroatoms. The Kier molecular flexibility index (Phi) is 5.19. The minimum atomic E-state index is -4.56. The SMILES string of the molecule is O=C(OCCN1CCNCC1)c1ccccc1C(F)(F)F. The van der Waals surface area contributed by atoms with Gasteiger partial charge < -0.3 is 10.1 Å². The Morgan fingerprint density at radius 3 is 2.57 bits per heavy atom.